The predicted octanol–water partition coefficient (Wildman–Crippen LogP) is 2.69. The smallest absolute Gasteiger partial charge is 0.257 e. The van der Waals surface area contributed by atoms with Crippen LogP contribution in [0.3, 0.4) is 0 Å². The first-order chi connectivity index (χ1) is 16.2. The number of rotatable bonds is 5. The molecular weight excluding hydrogens is 398 g/mol. The van der Waals surface area contributed by atoms with Crippen LogP contribution in [-0.4, -0.2) is 55.8 Å². The molecule has 2 saturated heterocycles. The SMILES string of the molecule is [2H]C([2H])([2H])n1cc(Nc2ncc3cc(C#N)n(C4CCOCC4)c3n2)c(O[C@@H]2COC2(C)C)n1. The molecule has 0 aliphatic carbocycles. The highest BCUT2D eigenvalue weighted by Crippen LogP contribution is 2.34. The van der Waals surface area contributed by atoms with Crippen molar-refractivity contribution >= 4 is 22.7 Å². The summed E-state index contributed by atoms with van der Waals surface area (Å²) >= 11 is 0. The van der Waals surface area contributed by atoms with Gasteiger partial charge in [0.05, 0.1) is 12.8 Å². The Kier molecular flexibility index (Phi) is 4.00. The van der Waals surface area contributed by atoms with Crippen LogP contribution in [0.15, 0.2) is 18.5 Å². The van der Waals surface area contributed by atoms with E-state index in [9.17, 15) is 5.26 Å². The van der Waals surface area contributed by atoms with Gasteiger partial charge in [-0.25, -0.2) is 4.98 Å². The van der Waals surface area contributed by atoms with Crippen molar-refractivity contribution in [2.24, 2.45) is 6.98 Å². The molecule has 162 valence electrons. The zero-order valence-electron chi connectivity index (χ0n) is 20.3. The fourth-order valence-corrected chi connectivity index (χ4v) is 3.91. The van der Waals surface area contributed by atoms with E-state index in [1.807, 2.05) is 18.4 Å². The first-order valence-corrected chi connectivity index (χ1v) is 10.2. The van der Waals surface area contributed by atoms with Crippen molar-refractivity contribution in [3.05, 3.63) is 24.2 Å². The molecule has 0 spiro atoms. The molecule has 31 heavy (non-hydrogen) atoms. The predicted molar refractivity (Wildman–Crippen MR) is 112 cm³/mol. The molecule has 3 aromatic heterocycles. The lowest BCUT2D eigenvalue weighted by molar-refractivity contribution is -0.208. The van der Waals surface area contributed by atoms with E-state index in [2.05, 4.69) is 26.5 Å². The van der Waals surface area contributed by atoms with Gasteiger partial charge in [0.15, 0.2) is 6.10 Å². The number of nitrogens with one attached hydrogen (secondary N) is 1. The second-order valence-corrected chi connectivity index (χ2v) is 8.27. The zero-order chi connectivity index (χ0) is 24.1. The summed E-state index contributed by atoms with van der Waals surface area (Å²) in [6, 6.07) is 4.12. The normalized spacial score (nSPS) is 22.7. The molecule has 3 aromatic rings. The van der Waals surface area contributed by atoms with Crippen LogP contribution < -0.4 is 10.1 Å². The topological polar surface area (TPSA) is 112 Å². The Morgan fingerprint density at radius 1 is 1.39 bits per heavy atom. The third-order valence-electron chi connectivity index (χ3n) is 5.81. The summed E-state index contributed by atoms with van der Waals surface area (Å²) < 4.78 is 42.9. The second kappa shape index (κ2) is 7.51. The number of nitriles is 1. The maximum absolute atomic E-state index is 9.67. The Bertz CT molecular complexity index is 1250. The van der Waals surface area contributed by atoms with Gasteiger partial charge in [0.1, 0.15) is 28.7 Å². The average molecular weight is 426 g/mol. The highest BCUT2D eigenvalue weighted by atomic mass is 16.6. The molecule has 2 fully saturated rings. The van der Waals surface area contributed by atoms with E-state index >= 15 is 0 Å². The Morgan fingerprint density at radius 3 is 2.90 bits per heavy atom. The third kappa shape index (κ3) is 3.60. The molecule has 0 aromatic carbocycles. The molecule has 2 aliphatic heterocycles. The molecule has 0 amide bonds. The molecule has 0 radical (unpaired) electrons. The van der Waals surface area contributed by atoms with Crippen LogP contribution in [0.2, 0.25) is 0 Å². The summed E-state index contributed by atoms with van der Waals surface area (Å²) in [5.74, 6) is 0.362. The number of anilines is 2. The monoisotopic (exact) mass is 426 g/mol. The molecule has 10 nitrogen and oxygen atoms in total. The van der Waals surface area contributed by atoms with E-state index in [0.29, 0.717) is 36.8 Å². The van der Waals surface area contributed by atoms with E-state index in [-0.39, 0.29) is 24.0 Å². The van der Waals surface area contributed by atoms with Gasteiger partial charge in [0, 0.05) is 41.9 Å². The number of aryl methyl sites for hydroxylation is 1. The highest BCUT2D eigenvalue weighted by Gasteiger charge is 2.43. The number of hydrogen-bond donors (Lipinski definition) is 1. The van der Waals surface area contributed by atoms with E-state index in [1.54, 1.807) is 12.3 Å². The Labute approximate surface area is 184 Å². The number of hydrogen-bond acceptors (Lipinski definition) is 8. The van der Waals surface area contributed by atoms with Gasteiger partial charge in [-0.3, -0.25) is 4.68 Å². The van der Waals surface area contributed by atoms with Crippen molar-refractivity contribution < 1.29 is 18.3 Å². The lowest BCUT2D eigenvalue weighted by Gasteiger charge is -2.43. The van der Waals surface area contributed by atoms with Gasteiger partial charge in [-0.2, -0.15) is 10.2 Å². The quantitative estimate of drug-likeness (QED) is 0.663. The van der Waals surface area contributed by atoms with E-state index in [0.717, 1.165) is 22.9 Å². The van der Waals surface area contributed by atoms with Gasteiger partial charge in [-0.1, -0.05) is 0 Å². The Morgan fingerprint density at radius 2 is 2.23 bits per heavy atom. The largest absolute Gasteiger partial charge is 0.466 e. The summed E-state index contributed by atoms with van der Waals surface area (Å²) in [5, 5.41) is 17.6. The van der Waals surface area contributed by atoms with Crippen LogP contribution in [0.1, 0.15) is 42.5 Å². The lowest BCUT2D eigenvalue weighted by Crippen LogP contribution is -2.56. The molecule has 0 bridgehead atoms. The number of aromatic nitrogens is 5. The molecular formula is C21H25N7O3. The fraction of sp³-hybridized carbons (Fsp3) is 0.524. The van der Waals surface area contributed by atoms with Crippen molar-refractivity contribution in [2.75, 3.05) is 25.1 Å². The Hall–Kier alpha value is -3.16. The molecule has 0 unspecified atom stereocenters. The van der Waals surface area contributed by atoms with Gasteiger partial charge in [-0.15, -0.1) is 5.10 Å². The number of nitrogens with zero attached hydrogens (tertiary/aromatic N) is 6. The van der Waals surface area contributed by atoms with Crippen molar-refractivity contribution in [1.29, 1.82) is 5.26 Å². The Balaban J connectivity index is 1.50. The minimum Gasteiger partial charge on any atom is -0.466 e. The van der Waals surface area contributed by atoms with Gasteiger partial charge >= 0.3 is 0 Å². The van der Waals surface area contributed by atoms with Crippen LogP contribution in [0.5, 0.6) is 5.88 Å². The summed E-state index contributed by atoms with van der Waals surface area (Å²) in [4.78, 5) is 9.02. The van der Waals surface area contributed by atoms with Crippen LogP contribution in [0.4, 0.5) is 11.6 Å². The van der Waals surface area contributed by atoms with Crippen molar-refractivity contribution in [2.45, 2.75) is 44.4 Å². The standard InChI is InChI=1S/C21H25N7O3/c1-21(2)17(12-30-21)31-19-16(11-27(3)26-19)24-20-23-10-13-8-15(9-22)28(18(13)25-20)14-4-6-29-7-5-14/h8,10-11,14,17H,4-7,12H2,1-3H3,(H,23,24,25)/t17-/m1/s1/i3D3. The van der Waals surface area contributed by atoms with Gasteiger partial charge in [-0.05, 0) is 32.8 Å². The van der Waals surface area contributed by atoms with Crippen LogP contribution in [0, 0.1) is 11.3 Å². The van der Waals surface area contributed by atoms with E-state index in [4.69, 9.17) is 18.3 Å². The summed E-state index contributed by atoms with van der Waals surface area (Å²) in [7, 11) is 0. The van der Waals surface area contributed by atoms with Crippen molar-refractivity contribution in [3.63, 3.8) is 0 Å². The average Bonchev–Trinajstić information content (AvgIpc) is 3.38. The second-order valence-electron chi connectivity index (χ2n) is 8.27. The molecule has 2 aliphatic rings. The minimum absolute atomic E-state index is 0.0988. The molecule has 5 heterocycles. The maximum atomic E-state index is 9.67. The maximum Gasteiger partial charge on any atom is 0.257 e. The molecule has 1 atom stereocenters. The summed E-state index contributed by atoms with van der Waals surface area (Å²) in [6.07, 6.45) is 4.28. The van der Waals surface area contributed by atoms with Crippen molar-refractivity contribution in [1.82, 2.24) is 24.3 Å². The number of fused-ring (bicyclic) bond motifs is 1. The molecule has 0 saturated carbocycles. The van der Waals surface area contributed by atoms with Gasteiger partial charge in [0.25, 0.3) is 5.88 Å². The van der Waals surface area contributed by atoms with Gasteiger partial charge in [0.2, 0.25) is 5.95 Å². The molecule has 10 heteroatoms. The van der Waals surface area contributed by atoms with Crippen LogP contribution in [0.25, 0.3) is 11.0 Å². The zero-order valence-corrected chi connectivity index (χ0v) is 17.3. The summed E-state index contributed by atoms with van der Waals surface area (Å²) in [5.41, 5.74) is 0.956. The van der Waals surface area contributed by atoms with E-state index < -0.39 is 12.6 Å². The molecule has 1 N–H and O–H groups in total. The van der Waals surface area contributed by atoms with Crippen molar-refractivity contribution in [3.8, 4) is 11.9 Å². The van der Waals surface area contributed by atoms with Crippen LogP contribution >= 0.6 is 0 Å². The number of ether oxygens (including phenoxy) is 3. The van der Waals surface area contributed by atoms with E-state index in [1.165, 1.54) is 6.20 Å². The minimum atomic E-state index is -2.48. The summed E-state index contributed by atoms with van der Waals surface area (Å²) in [6.45, 7) is 2.94. The third-order valence-corrected chi connectivity index (χ3v) is 5.81. The highest BCUT2D eigenvalue weighted by molar-refractivity contribution is 5.79. The fourth-order valence-electron chi connectivity index (χ4n) is 3.91. The first kappa shape index (κ1) is 16.5. The molecule has 5 rings (SSSR count). The van der Waals surface area contributed by atoms with Gasteiger partial charge < -0.3 is 24.1 Å². The van der Waals surface area contributed by atoms with Crippen LogP contribution in [-0.2, 0) is 16.4 Å². The lowest BCUT2D eigenvalue weighted by atomic mass is 9.96. The first-order valence-electron chi connectivity index (χ1n) is 11.7.